The van der Waals surface area contributed by atoms with Gasteiger partial charge in [-0.15, -0.1) is 0 Å². The number of hydrogen-bond acceptors (Lipinski definition) is 4. The first kappa shape index (κ1) is 21.8. The van der Waals surface area contributed by atoms with Gasteiger partial charge in [0.05, 0.1) is 0 Å². The fourth-order valence-electron chi connectivity index (χ4n) is 5.61. The van der Waals surface area contributed by atoms with E-state index in [0.717, 1.165) is 25.1 Å². The molecule has 0 saturated carbocycles. The molecule has 172 valence electrons. The number of fused-ring (bicyclic) bond motifs is 1. The standard InChI is InChI=1S/C29H33NO3/c31-23-11-8-21(9-12-23)25-14-10-22-20-24(32)13-15-26(22)29(25)27-6-2-3-7-28(27)33-19-18-30-16-4-1-5-17-30/h2-3,6-9,11-13,15,20,25,29,31-32H,1,4-5,10,14,16-19H2/t25-,29+/m1/s1. The van der Waals surface area contributed by atoms with E-state index in [9.17, 15) is 10.2 Å². The summed E-state index contributed by atoms with van der Waals surface area (Å²) in [5.41, 5.74) is 4.88. The summed E-state index contributed by atoms with van der Waals surface area (Å²) in [6, 6.07) is 21.8. The monoisotopic (exact) mass is 443 g/mol. The van der Waals surface area contributed by atoms with Gasteiger partial charge in [0.2, 0.25) is 0 Å². The first-order valence-corrected chi connectivity index (χ1v) is 12.2. The van der Waals surface area contributed by atoms with E-state index in [-0.39, 0.29) is 17.6 Å². The third-order valence-electron chi connectivity index (χ3n) is 7.28. The molecule has 3 aromatic rings. The van der Waals surface area contributed by atoms with Crippen molar-refractivity contribution in [1.29, 1.82) is 0 Å². The number of rotatable bonds is 6. The number of likely N-dealkylation sites (tertiary alicyclic amines) is 1. The van der Waals surface area contributed by atoms with Crippen molar-refractivity contribution in [2.24, 2.45) is 0 Å². The molecule has 1 saturated heterocycles. The summed E-state index contributed by atoms with van der Waals surface area (Å²) in [7, 11) is 0. The average Bonchev–Trinajstić information content (AvgIpc) is 2.85. The lowest BCUT2D eigenvalue weighted by Gasteiger charge is -2.35. The number of nitrogens with zero attached hydrogens (tertiary/aromatic N) is 1. The van der Waals surface area contributed by atoms with Crippen LogP contribution < -0.4 is 4.74 Å². The number of para-hydroxylation sites is 1. The molecule has 1 fully saturated rings. The van der Waals surface area contributed by atoms with Crippen LogP contribution in [0.4, 0.5) is 0 Å². The van der Waals surface area contributed by atoms with Crippen LogP contribution in [-0.4, -0.2) is 41.4 Å². The Morgan fingerprint density at radius 1 is 0.818 bits per heavy atom. The molecule has 1 heterocycles. The normalized spacial score (nSPS) is 20.8. The molecule has 1 aliphatic heterocycles. The Bertz CT molecular complexity index is 1070. The third-order valence-corrected chi connectivity index (χ3v) is 7.28. The van der Waals surface area contributed by atoms with E-state index in [1.54, 1.807) is 18.2 Å². The summed E-state index contributed by atoms with van der Waals surface area (Å²) in [5.74, 6) is 1.96. The summed E-state index contributed by atoms with van der Waals surface area (Å²) in [6.45, 7) is 4.00. The van der Waals surface area contributed by atoms with Gasteiger partial charge in [-0.1, -0.05) is 42.8 Å². The molecular weight excluding hydrogens is 410 g/mol. The van der Waals surface area contributed by atoms with Gasteiger partial charge in [0.1, 0.15) is 23.9 Å². The van der Waals surface area contributed by atoms with Crippen molar-refractivity contribution in [2.45, 2.75) is 43.9 Å². The second-order valence-electron chi connectivity index (χ2n) is 9.39. The van der Waals surface area contributed by atoms with Crippen molar-refractivity contribution in [3.63, 3.8) is 0 Å². The zero-order chi connectivity index (χ0) is 22.6. The number of aryl methyl sites for hydroxylation is 1. The van der Waals surface area contributed by atoms with Crippen molar-refractivity contribution in [2.75, 3.05) is 26.2 Å². The maximum Gasteiger partial charge on any atom is 0.123 e. The highest BCUT2D eigenvalue weighted by atomic mass is 16.5. The number of phenols is 2. The van der Waals surface area contributed by atoms with Crippen LogP contribution in [0.5, 0.6) is 17.2 Å². The van der Waals surface area contributed by atoms with Gasteiger partial charge in [-0.2, -0.15) is 0 Å². The average molecular weight is 444 g/mol. The van der Waals surface area contributed by atoms with Crippen molar-refractivity contribution < 1.29 is 14.9 Å². The van der Waals surface area contributed by atoms with Crippen LogP contribution in [-0.2, 0) is 6.42 Å². The Morgan fingerprint density at radius 2 is 1.58 bits per heavy atom. The molecule has 4 heteroatoms. The summed E-state index contributed by atoms with van der Waals surface area (Å²) < 4.78 is 6.40. The summed E-state index contributed by atoms with van der Waals surface area (Å²) in [5, 5.41) is 19.9. The van der Waals surface area contributed by atoms with Crippen LogP contribution in [0.1, 0.15) is 59.8 Å². The quantitative estimate of drug-likeness (QED) is 0.504. The van der Waals surface area contributed by atoms with E-state index in [4.69, 9.17) is 4.74 Å². The Morgan fingerprint density at radius 3 is 2.39 bits per heavy atom. The smallest absolute Gasteiger partial charge is 0.123 e. The number of piperidine rings is 1. The van der Waals surface area contributed by atoms with Gasteiger partial charge in [-0.05, 0) is 91.7 Å². The predicted octanol–water partition coefficient (Wildman–Crippen LogP) is 5.82. The minimum Gasteiger partial charge on any atom is -0.508 e. The Hall–Kier alpha value is -2.98. The molecule has 0 radical (unpaired) electrons. The van der Waals surface area contributed by atoms with Crippen molar-refractivity contribution >= 4 is 0 Å². The van der Waals surface area contributed by atoms with E-state index in [1.807, 2.05) is 18.2 Å². The van der Waals surface area contributed by atoms with E-state index < -0.39 is 0 Å². The van der Waals surface area contributed by atoms with Gasteiger partial charge in [0, 0.05) is 18.0 Å². The molecule has 0 amide bonds. The van der Waals surface area contributed by atoms with Gasteiger partial charge in [0.25, 0.3) is 0 Å². The van der Waals surface area contributed by atoms with Crippen LogP contribution >= 0.6 is 0 Å². The van der Waals surface area contributed by atoms with E-state index in [1.165, 1.54) is 54.6 Å². The number of aromatic hydroxyl groups is 2. The minimum atomic E-state index is 0.130. The summed E-state index contributed by atoms with van der Waals surface area (Å²) in [6.07, 6.45) is 5.82. The summed E-state index contributed by atoms with van der Waals surface area (Å²) in [4.78, 5) is 2.50. The second kappa shape index (κ2) is 9.88. The SMILES string of the molecule is Oc1ccc([C@H]2CCc3cc(O)ccc3[C@H]2c2ccccc2OCCN2CCCCC2)cc1. The maximum atomic E-state index is 10.1. The van der Waals surface area contributed by atoms with Crippen molar-refractivity contribution in [1.82, 2.24) is 4.90 Å². The molecule has 2 N–H and O–H groups in total. The van der Waals surface area contributed by atoms with Crippen LogP contribution in [0, 0.1) is 0 Å². The molecule has 2 aliphatic rings. The first-order chi connectivity index (χ1) is 16.2. The van der Waals surface area contributed by atoms with E-state index in [2.05, 4.69) is 35.2 Å². The molecule has 0 spiro atoms. The van der Waals surface area contributed by atoms with Crippen molar-refractivity contribution in [3.05, 3.63) is 89.0 Å². The van der Waals surface area contributed by atoms with Gasteiger partial charge in [0.15, 0.2) is 0 Å². The lowest BCUT2D eigenvalue weighted by atomic mass is 9.69. The lowest BCUT2D eigenvalue weighted by molar-refractivity contribution is 0.182. The highest BCUT2D eigenvalue weighted by Crippen LogP contribution is 2.49. The lowest BCUT2D eigenvalue weighted by Crippen LogP contribution is -2.33. The number of phenolic OH excluding ortho intramolecular Hbond substituents is 2. The Balaban J connectivity index is 1.47. The summed E-state index contributed by atoms with van der Waals surface area (Å²) >= 11 is 0. The van der Waals surface area contributed by atoms with E-state index >= 15 is 0 Å². The molecule has 0 bridgehead atoms. The highest BCUT2D eigenvalue weighted by Gasteiger charge is 2.34. The van der Waals surface area contributed by atoms with Gasteiger partial charge < -0.3 is 14.9 Å². The highest BCUT2D eigenvalue weighted by molar-refractivity contribution is 5.51. The number of hydrogen-bond donors (Lipinski definition) is 2. The molecule has 2 atom stereocenters. The predicted molar refractivity (Wildman–Crippen MR) is 131 cm³/mol. The molecule has 0 unspecified atom stereocenters. The zero-order valence-corrected chi connectivity index (χ0v) is 19.1. The van der Waals surface area contributed by atoms with Crippen LogP contribution in [0.2, 0.25) is 0 Å². The Kier molecular flexibility index (Phi) is 6.54. The van der Waals surface area contributed by atoms with Gasteiger partial charge in [-0.25, -0.2) is 0 Å². The van der Waals surface area contributed by atoms with Crippen LogP contribution in [0.15, 0.2) is 66.7 Å². The van der Waals surface area contributed by atoms with Crippen LogP contribution in [0.25, 0.3) is 0 Å². The topological polar surface area (TPSA) is 52.9 Å². The fourth-order valence-corrected chi connectivity index (χ4v) is 5.61. The molecule has 1 aliphatic carbocycles. The van der Waals surface area contributed by atoms with Crippen LogP contribution in [0.3, 0.4) is 0 Å². The molecule has 0 aromatic heterocycles. The second-order valence-corrected chi connectivity index (χ2v) is 9.39. The number of ether oxygens (including phenoxy) is 1. The van der Waals surface area contributed by atoms with Gasteiger partial charge in [-0.3, -0.25) is 4.90 Å². The third kappa shape index (κ3) is 4.86. The first-order valence-electron chi connectivity index (χ1n) is 12.2. The fraction of sp³-hybridized carbons (Fsp3) is 0.379. The minimum absolute atomic E-state index is 0.130. The molecule has 3 aromatic carbocycles. The van der Waals surface area contributed by atoms with Crippen molar-refractivity contribution in [3.8, 4) is 17.2 Å². The molecule has 33 heavy (non-hydrogen) atoms. The molecule has 4 nitrogen and oxygen atoms in total. The molecular formula is C29H33NO3. The largest absolute Gasteiger partial charge is 0.508 e. The van der Waals surface area contributed by atoms with E-state index in [0.29, 0.717) is 12.4 Å². The number of benzene rings is 3. The maximum absolute atomic E-state index is 10.1. The van der Waals surface area contributed by atoms with Gasteiger partial charge >= 0.3 is 0 Å². The molecule has 5 rings (SSSR count). The Labute approximate surface area is 196 Å². The zero-order valence-electron chi connectivity index (χ0n) is 19.1.